The summed E-state index contributed by atoms with van der Waals surface area (Å²) in [5.74, 6) is 0.324. The Morgan fingerprint density at radius 2 is 2.20 bits per heavy atom. The Bertz CT molecular complexity index is 716. The largest absolute Gasteiger partial charge is 0.283 e. The van der Waals surface area contributed by atoms with Gasteiger partial charge in [0.15, 0.2) is 0 Å². The number of fused-ring (bicyclic) bond motifs is 1. The van der Waals surface area contributed by atoms with E-state index in [-0.39, 0.29) is 5.91 Å². The first-order chi connectivity index (χ1) is 9.56. The van der Waals surface area contributed by atoms with Gasteiger partial charge in [-0.15, -0.1) is 11.3 Å². The number of nitrogens with zero attached hydrogens (tertiary/aromatic N) is 1. The molecule has 1 aromatic heterocycles. The standard InChI is InChI=1S/C15H15ClN2OS/c1-8-3-6-11-12(7-8)20-14(13(11)16)15(19)18-17-9(2)10-4-5-10/h3,6-7,10H,4-5H2,1-2H3,(H,18,19)/b17-9+. The average molecular weight is 307 g/mol. The number of aryl methyl sites for hydroxylation is 1. The molecule has 1 aliphatic rings. The van der Waals surface area contributed by atoms with Crippen LogP contribution >= 0.6 is 22.9 Å². The van der Waals surface area contributed by atoms with E-state index in [2.05, 4.69) is 10.5 Å². The second kappa shape index (κ2) is 5.19. The monoisotopic (exact) mass is 306 g/mol. The summed E-state index contributed by atoms with van der Waals surface area (Å²) in [7, 11) is 0. The van der Waals surface area contributed by atoms with Gasteiger partial charge in [-0.2, -0.15) is 5.10 Å². The van der Waals surface area contributed by atoms with Gasteiger partial charge in [-0.25, -0.2) is 5.43 Å². The lowest BCUT2D eigenvalue weighted by atomic mass is 10.2. The highest BCUT2D eigenvalue weighted by molar-refractivity contribution is 7.21. The van der Waals surface area contributed by atoms with Gasteiger partial charge in [-0.1, -0.05) is 23.7 Å². The zero-order chi connectivity index (χ0) is 14.3. The lowest BCUT2D eigenvalue weighted by Gasteiger charge is -1.99. The van der Waals surface area contributed by atoms with Crippen LogP contribution in [0, 0.1) is 12.8 Å². The fourth-order valence-electron chi connectivity index (χ4n) is 2.10. The van der Waals surface area contributed by atoms with E-state index in [9.17, 15) is 4.79 Å². The molecule has 1 fully saturated rings. The van der Waals surface area contributed by atoms with Crippen LogP contribution in [0.4, 0.5) is 0 Å². The molecule has 0 unspecified atom stereocenters. The maximum Gasteiger partial charge on any atom is 0.283 e. The molecule has 2 aromatic rings. The topological polar surface area (TPSA) is 41.5 Å². The number of carbonyl (C=O) groups excluding carboxylic acids is 1. The van der Waals surface area contributed by atoms with Gasteiger partial charge in [0.05, 0.1) is 5.02 Å². The second-order valence-electron chi connectivity index (χ2n) is 5.21. The van der Waals surface area contributed by atoms with E-state index < -0.39 is 0 Å². The highest BCUT2D eigenvalue weighted by atomic mass is 35.5. The fourth-order valence-corrected chi connectivity index (χ4v) is 3.61. The zero-order valence-corrected chi connectivity index (χ0v) is 12.9. The molecule has 1 amide bonds. The van der Waals surface area contributed by atoms with Crippen LogP contribution in [0.15, 0.2) is 23.3 Å². The average Bonchev–Trinajstić information content (AvgIpc) is 3.21. The number of hydrazone groups is 1. The molecular weight excluding hydrogens is 292 g/mol. The summed E-state index contributed by atoms with van der Waals surface area (Å²) in [6.07, 6.45) is 2.35. The SMILES string of the molecule is C/C(=N\NC(=O)c1sc2cc(C)ccc2c1Cl)C1CC1. The van der Waals surface area contributed by atoms with Gasteiger partial charge in [0.2, 0.25) is 0 Å². The van der Waals surface area contributed by atoms with E-state index in [1.165, 1.54) is 24.2 Å². The normalized spacial score (nSPS) is 15.7. The molecule has 5 heteroatoms. The fraction of sp³-hybridized carbons (Fsp3) is 0.333. The Kier molecular flexibility index (Phi) is 3.52. The van der Waals surface area contributed by atoms with Gasteiger partial charge >= 0.3 is 0 Å². The van der Waals surface area contributed by atoms with E-state index in [0.717, 1.165) is 21.4 Å². The number of hydrogen-bond donors (Lipinski definition) is 1. The van der Waals surface area contributed by atoms with Crippen molar-refractivity contribution in [3.05, 3.63) is 33.7 Å². The van der Waals surface area contributed by atoms with Gasteiger partial charge in [0.1, 0.15) is 4.88 Å². The number of amides is 1. The molecule has 0 bridgehead atoms. The van der Waals surface area contributed by atoms with Crippen LogP contribution in [0.2, 0.25) is 5.02 Å². The molecular formula is C15H15ClN2OS. The number of carbonyl (C=O) groups is 1. The minimum Gasteiger partial charge on any atom is -0.266 e. The van der Waals surface area contributed by atoms with Crippen molar-refractivity contribution in [2.75, 3.05) is 0 Å². The van der Waals surface area contributed by atoms with Crippen molar-refractivity contribution in [2.45, 2.75) is 26.7 Å². The van der Waals surface area contributed by atoms with Crippen molar-refractivity contribution < 1.29 is 4.79 Å². The molecule has 104 valence electrons. The molecule has 0 spiro atoms. The van der Waals surface area contributed by atoms with Crippen molar-refractivity contribution in [3.8, 4) is 0 Å². The Balaban J connectivity index is 1.87. The molecule has 1 aromatic carbocycles. The van der Waals surface area contributed by atoms with Crippen molar-refractivity contribution >= 4 is 44.6 Å². The third-order valence-corrected chi connectivity index (χ3v) is 5.15. The van der Waals surface area contributed by atoms with E-state index in [4.69, 9.17) is 11.6 Å². The molecule has 1 heterocycles. The summed E-state index contributed by atoms with van der Waals surface area (Å²) in [5.41, 5.74) is 4.76. The van der Waals surface area contributed by atoms with Gasteiger partial charge in [0.25, 0.3) is 5.91 Å². The highest BCUT2D eigenvalue weighted by Crippen LogP contribution is 2.36. The van der Waals surface area contributed by atoms with E-state index in [1.54, 1.807) is 0 Å². The molecule has 0 saturated heterocycles. The summed E-state index contributed by atoms with van der Waals surface area (Å²) in [6.45, 7) is 3.98. The number of halogens is 1. The smallest absolute Gasteiger partial charge is 0.266 e. The Hall–Kier alpha value is -1.39. The highest BCUT2D eigenvalue weighted by Gasteiger charge is 2.25. The van der Waals surface area contributed by atoms with Crippen molar-refractivity contribution in [1.29, 1.82) is 0 Å². The Morgan fingerprint density at radius 3 is 2.90 bits per heavy atom. The predicted octanol–water partition coefficient (Wildman–Crippen LogP) is 4.38. The number of thiophene rings is 1. The van der Waals surface area contributed by atoms with E-state index in [1.807, 2.05) is 32.0 Å². The van der Waals surface area contributed by atoms with Gasteiger partial charge in [-0.05, 0) is 44.2 Å². The Labute approximate surface area is 126 Å². The van der Waals surface area contributed by atoms with Crippen LogP contribution < -0.4 is 5.43 Å². The molecule has 0 aliphatic heterocycles. The predicted molar refractivity (Wildman–Crippen MR) is 84.9 cm³/mol. The number of benzene rings is 1. The molecule has 3 rings (SSSR count). The number of rotatable bonds is 3. The molecule has 20 heavy (non-hydrogen) atoms. The van der Waals surface area contributed by atoms with Crippen LogP contribution in [-0.2, 0) is 0 Å². The summed E-state index contributed by atoms with van der Waals surface area (Å²) in [6, 6.07) is 6.00. The van der Waals surface area contributed by atoms with Crippen LogP contribution in [0.25, 0.3) is 10.1 Å². The van der Waals surface area contributed by atoms with Crippen molar-refractivity contribution in [3.63, 3.8) is 0 Å². The van der Waals surface area contributed by atoms with Crippen LogP contribution in [0.1, 0.15) is 35.0 Å². The second-order valence-corrected chi connectivity index (χ2v) is 6.64. The van der Waals surface area contributed by atoms with Crippen molar-refractivity contribution in [2.24, 2.45) is 11.0 Å². The summed E-state index contributed by atoms with van der Waals surface area (Å²) in [4.78, 5) is 12.7. The summed E-state index contributed by atoms with van der Waals surface area (Å²) < 4.78 is 1.03. The molecule has 1 saturated carbocycles. The van der Waals surface area contributed by atoms with Crippen LogP contribution in [-0.4, -0.2) is 11.6 Å². The minimum atomic E-state index is -0.228. The quantitative estimate of drug-likeness (QED) is 0.663. The lowest BCUT2D eigenvalue weighted by Crippen LogP contribution is -2.18. The summed E-state index contributed by atoms with van der Waals surface area (Å²) >= 11 is 7.70. The third-order valence-electron chi connectivity index (χ3n) is 3.49. The van der Waals surface area contributed by atoms with Gasteiger partial charge < -0.3 is 0 Å². The zero-order valence-electron chi connectivity index (χ0n) is 11.4. The maximum atomic E-state index is 12.2. The van der Waals surface area contributed by atoms with Crippen molar-refractivity contribution in [1.82, 2.24) is 5.43 Å². The third kappa shape index (κ3) is 2.58. The lowest BCUT2D eigenvalue weighted by molar-refractivity contribution is 0.0959. The van der Waals surface area contributed by atoms with E-state index in [0.29, 0.717) is 15.8 Å². The molecule has 0 radical (unpaired) electrons. The minimum absolute atomic E-state index is 0.228. The maximum absolute atomic E-state index is 12.2. The molecule has 3 nitrogen and oxygen atoms in total. The molecule has 1 aliphatic carbocycles. The first-order valence-electron chi connectivity index (χ1n) is 6.59. The molecule has 0 atom stereocenters. The number of nitrogens with one attached hydrogen (secondary N) is 1. The van der Waals surface area contributed by atoms with Crippen LogP contribution in [0.5, 0.6) is 0 Å². The number of hydrogen-bond acceptors (Lipinski definition) is 3. The van der Waals surface area contributed by atoms with Crippen LogP contribution in [0.3, 0.4) is 0 Å². The summed E-state index contributed by atoms with van der Waals surface area (Å²) in [5, 5.41) is 5.60. The van der Waals surface area contributed by atoms with Gasteiger partial charge in [0, 0.05) is 15.8 Å². The van der Waals surface area contributed by atoms with E-state index >= 15 is 0 Å². The van der Waals surface area contributed by atoms with Gasteiger partial charge in [-0.3, -0.25) is 4.79 Å². The Morgan fingerprint density at radius 1 is 1.45 bits per heavy atom. The first-order valence-corrected chi connectivity index (χ1v) is 7.79. The first kappa shape index (κ1) is 13.6. The molecule has 1 N–H and O–H groups in total.